The molecule has 1 aliphatic heterocycles. The van der Waals surface area contributed by atoms with Crippen molar-refractivity contribution < 1.29 is 9.53 Å². The molecule has 0 amide bonds. The number of ether oxygens (including phenoxy) is 1. The molecule has 22 heavy (non-hydrogen) atoms. The lowest BCUT2D eigenvalue weighted by Crippen LogP contribution is -2.33. The minimum atomic E-state index is -0.355. The topological polar surface area (TPSA) is 81.9 Å². The molecule has 0 bridgehead atoms. The molecule has 3 heterocycles. The molecule has 0 spiro atoms. The van der Waals surface area contributed by atoms with Gasteiger partial charge < -0.3 is 10.1 Å². The smallest absolute Gasteiger partial charge is 0.341 e. The van der Waals surface area contributed by atoms with Crippen LogP contribution in [0.4, 0.5) is 5.82 Å². The first-order chi connectivity index (χ1) is 10.7. The maximum absolute atomic E-state index is 12.0. The van der Waals surface area contributed by atoms with Gasteiger partial charge in [-0.25, -0.2) is 19.4 Å². The van der Waals surface area contributed by atoms with E-state index in [-0.39, 0.29) is 12.0 Å². The third kappa shape index (κ3) is 2.93. The monoisotopic (exact) mass is 301 g/mol. The second-order valence-corrected chi connectivity index (χ2v) is 5.26. The average Bonchev–Trinajstić information content (AvgIpc) is 2.87. The molecular weight excluding hydrogens is 282 g/mol. The van der Waals surface area contributed by atoms with E-state index in [9.17, 15) is 4.79 Å². The predicted octanol–water partition coefficient (Wildman–Crippen LogP) is 1.59. The Morgan fingerprint density at radius 3 is 3.23 bits per heavy atom. The van der Waals surface area contributed by atoms with Gasteiger partial charge in [0.25, 0.3) is 0 Å². The van der Waals surface area contributed by atoms with E-state index in [1.165, 1.54) is 0 Å². The minimum absolute atomic E-state index is 0.164. The first-order valence-electron chi connectivity index (χ1n) is 7.46. The van der Waals surface area contributed by atoms with Crippen LogP contribution in [0.25, 0.3) is 0 Å². The van der Waals surface area contributed by atoms with Crippen molar-refractivity contribution in [3.05, 3.63) is 35.5 Å². The van der Waals surface area contributed by atoms with Crippen LogP contribution in [0.5, 0.6) is 0 Å². The lowest BCUT2D eigenvalue weighted by atomic mass is 10.1. The molecule has 116 valence electrons. The fourth-order valence-electron chi connectivity index (χ4n) is 2.64. The van der Waals surface area contributed by atoms with Crippen LogP contribution in [-0.2, 0) is 17.7 Å². The predicted molar refractivity (Wildman–Crippen MR) is 80.7 cm³/mol. The fraction of sp³-hybridized carbons (Fsp3) is 0.467. The lowest BCUT2D eigenvalue weighted by Gasteiger charge is -2.24. The largest absolute Gasteiger partial charge is 0.462 e. The van der Waals surface area contributed by atoms with E-state index in [0.717, 1.165) is 31.0 Å². The normalized spacial score (nSPS) is 16.9. The Bertz CT molecular complexity index is 682. The Morgan fingerprint density at radius 1 is 1.55 bits per heavy atom. The summed E-state index contributed by atoms with van der Waals surface area (Å²) < 4.78 is 6.99. The molecule has 7 heteroatoms. The van der Waals surface area contributed by atoms with Gasteiger partial charge in [-0.3, -0.25) is 0 Å². The molecule has 0 aromatic carbocycles. The highest BCUT2D eigenvalue weighted by molar-refractivity contribution is 5.94. The zero-order valence-corrected chi connectivity index (χ0v) is 12.7. The summed E-state index contributed by atoms with van der Waals surface area (Å²) in [4.78, 5) is 20.7. The number of aryl methyl sites for hydroxylation is 2. The Balaban J connectivity index is 1.75. The van der Waals surface area contributed by atoms with Crippen molar-refractivity contribution in [1.82, 2.24) is 19.7 Å². The zero-order chi connectivity index (χ0) is 15.5. The number of pyridine rings is 1. The molecule has 1 aliphatic rings. The highest BCUT2D eigenvalue weighted by atomic mass is 16.5. The van der Waals surface area contributed by atoms with Gasteiger partial charge in [0.05, 0.1) is 13.2 Å². The van der Waals surface area contributed by atoms with Crippen LogP contribution >= 0.6 is 0 Å². The number of hydrogen-bond donors (Lipinski definition) is 1. The zero-order valence-electron chi connectivity index (χ0n) is 12.7. The van der Waals surface area contributed by atoms with Crippen molar-refractivity contribution in [3.8, 4) is 0 Å². The summed E-state index contributed by atoms with van der Waals surface area (Å²) in [6.45, 7) is 4.75. The second kappa shape index (κ2) is 6.13. The molecule has 0 unspecified atom stereocenters. The Labute approximate surface area is 128 Å². The van der Waals surface area contributed by atoms with Crippen LogP contribution in [0.2, 0.25) is 0 Å². The standard InChI is InChI=1S/C15H19N5O2/c1-3-22-15(21)12-5-4-8-16-14(12)18-11-6-7-13-17-10(2)19-20(13)9-11/h4-5,8,11H,3,6-7,9H2,1-2H3,(H,16,18)/t11-/m1/s1. The number of anilines is 1. The van der Waals surface area contributed by atoms with Gasteiger partial charge in [0, 0.05) is 18.7 Å². The van der Waals surface area contributed by atoms with Gasteiger partial charge in [0.2, 0.25) is 0 Å². The van der Waals surface area contributed by atoms with Crippen LogP contribution in [0.1, 0.15) is 35.4 Å². The molecule has 0 fully saturated rings. The number of nitrogens with one attached hydrogen (secondary N) is 1. The van der Waals surface area contributed by atoms with Crippen molar-refractivity contribution in [2.75, 3.05) is 11.9 Å². The summed E-state index contributed by atoms with van der Waals surface area (Å²) >= 11 is 0. The Morgan fingerprint density at radius 2 is 2.41 bits per heavy atom. The molecule has 0 radical (unpaired) electrons. The Hall–Kier alpha value is -2.44. The lowest BCUT2D eigenvalue weighted by molar-refractivity contribution is 0.0527. The second-order valence-electron chi connectivity index (χ2n) is 5.26. The summed E-state index contributed by atoms with van der Waals surface area (Å²) in [5.41, 5.74) is 0.463. The number of fused-ring (bicyclic) bond motifs is 1. The third-order valence-electron chi connectivity index (χ3n) is 3.61. The van der Waals surface area contributed by atoms with Gasteiger partial charge >= 0.3 is 5.97 Å². The van der Waals surface area contributed by atoms with Crippen molar-refractivity contribution in [1.29, 1.82) is 0 Å². The number of nitrogens with zero attached hydrogens (tertiary/aromatic N) is 4. The van der Waals surface area contributed by atoms with E-state index in [2.05, 4.69) is 20.4 Å². The molecule has 0 saturated heterocycles. The summed E-state index contributed by atoms with van der Waals surface area (Å²) in [7, 11) is 0. The van der Waals surface area contributed by atoms with Crippen molar-refractivity contribution in [3.63, 3.8) is 0 Å². The first-order valence-corrected chi connectivity index (χ1v) is 7.46. The van der Waals surface area contributed by atoms with Crippen LogP contribution in [-0.4, -0.2) is 38.4 Å². The summed E-state index contributed by atoms with van der Waals surface area (Å²) in [5.74, 6) is 2.01. The summed E-state index contributed by atoms with van der Waals surface area (Å²) in [6.07, 6.45) is 3.45. The van der Waals surface area contributed by atoms with Gasteiger partial charge in [0.15, 0.2) is 0 Å². The van der Waals surface area contributed by atoms with Crippen LogP contribution in [0, 0.1) is 6.92 Å². The molecule has 1 N–H and O–H groups in total. The van der Waals surface area contributed by atoms with Gasteiger partial charge in [-0.05, 0) is 32.4 Å². The average molecular weight is 301 g/mol. The maximum Gasteiger partial charge on any atom is 0.341 e. The van der Waals surface area contributed by atoms with E-state index >= 15 is 0 Å². The molecular formula is C15H19N5O2. The van der Waals surface area contributed by atoms with Crippen molar-refractivity contribution in [2.45, 2.75) is 39.3 Å². The van der Waals surface area contributed by atoms with Crippen molar-refractivity contribution >= 4 is 11.8 Å². The number of carbonyl (C=O) groups is 1. The molecule has 7 nitrogen and oxygen atoms in total. The molecule has 1 atom stereocenters. The third-order valence-corrected chi connectivity index (χ3v) is 3.61. The van der Waals surface area contributed by atoms with E-state index in [1.807, 2.05) is 11.6 Å². The van der Waals surface area contributed by atoms with E-state index < -0.39 is 0 Å². The van der Waals surface area contributed by atoms with Crippen LogP contribution < -0.4 is 5.32 Å². The highest BCUT2D eigenvalue weighted by Crippen LogP contribution is 2.19. The van der Waals surface area contributed by atoms with Gasteiger partial charge in [-0.2, -0.15) is 5.10 Å². The fourth-order valence-corrected chi connectivity index (χ4v) is 2.64. The SMILES string of the molecule is CCOC(=O)c1cccnc1N[C@@H]1CCc2nc(C)nn2C1. The molecule has 2 aromatic rings. The van der Waals surface area contributed by atoms with Gasteiger partial charge in [0.1, 0.15) is 23.0 Å². The maximum atomic E-state index is 12.0. The summed E-state index contributed by atoms with van der Waals surface area (Å²) in [5, 5.41) is 7.72. The number of carbonyl (C=O) groups excluding carboxylic acids is 1. The number of esters is 1. The summed E-state index contributed by atoms with van der Waals surface area (Å²) in [6, 6.07) is 3.62. The number of hydrogen-bond acceptors (Lipinski definition) is 6. The van der Waals surface area contributed by atoms with E-state index in [4.69, 9.17) is 4.74 Å². The van der Waals surface area contributed by atoms with Crippen LogP contribution in [0.15, 0.2) is 18.3 Å². The molecule has 0 aliphatic carbocycles. The Kier molecular flexibility index (Phi) is 4.04. The highest BCUT2D eigenvalue weighted by Gasteiger charge is 2.23. The minimum Gasteiger partial charge on any atom is -0.462 e. The quantitative estimate of drug-likeness (QED) is 0.864. The van der Waals surface area contributed by atoms with Gasteiger partial charge in [-0.15, -0.1) is 0 Å². The number of rotatable bonds is 4. The molecule has 2 aromatic heterocycles. The van der Waals surface area contributed by atoms with Gasteiger partial charge in [-0.1, -0.05) is 0 Å². The van der Waals surface area contributed by atoms with Crippen LogP contribution in [0.3, 0.4) is 0 Å². The molecule has 3 rings (SSSR count). The van der Waals surface area contributed by atoms with E-state index in [1.54, 1.807) is 25.3 Å². The first kappa shape index (κ1) is 14.5. The molecule has 0 saturated carbocycles. The van der Waals surface area contributed by atoms with Crippen molar-refractivity contribution in [2.24, 2.45) is 0 Å². The van der Waals surface area contributed by atoms with E-state index in [0.29, 0.717) is 18.0 Å². The number of aromatic nitrogens is 4.